The minimum atomic E-state index is -4.49. The Morgan fingerprint density at radius 1 is 0.745 bits per heavy atom. The predicted octanol–water partition coefficient (Wildman–Crippen LogP) is 11.2. The largest absolute Gasteiger partial charge is 0.512 e. The number of carbonyl (C=O) groups excluding carboxylic acids is 1. The van der Waals surface area contributed by atoms with Gasteiger partial charge in [-0.05, 0) is 81.9 Å². The number of aliphatic hydroxyl groups excluding tert-OH is 1. The molecule has 237 valence electrons. The second-order valence-electron chi connectivity index (χ2n) is 11.3. The van der Waals surface area contributed by atoms with Crippen LogP contribution in [-0.2, 0) is 31.1 Å². The summed E-state index contributed by atoms with van der Waals surface area (Å²) in [5, 5.41) is 15.0. The Kier molecular flexibility index (Phi) is 9.62. The maximum atomic E-state index is 14.0. The number of benzene rings is 6. The second-order valence-corrected chi connectivity index (χ2v) is 11.3. The molecule has 6 aromatic carbocycles. The smallest absolute Gasteiger partial charge is 0.403 e. The van der Waals surface area contributed by atoms with Gasteiger partial charge in [-0.15, -0.1) is 23.6 Å². The molecular formula is C40H29F3IrNO2-. The van der Waals surface area contributed by atoms with Crippen LogP contribution in [0, 0.1) is 13.0 Å². The molecule has 0 saturated heterocycles. The van der Waals surface area contributed by atoms with Crippen LogP contribution in [0.25, 0.3) is 65.5 Å². The number of aliphatic hydroxyl groups is 1. The first-order chi connectivity index (χ1) is 22.0. The number of fused-ring (bicyclic) bond motifs is 6. The molecule has 0 atom stereocenters. The topological polar surface area (TPSA) is 50.2 Å². The van der Waals surface area contributed by atoms with Crippen molar-refractivity contribution < 1.29 is 43.2 Å². The third-order valence-corrected chi connectivity index (χ3v) is 7.89. The molecule has 3 nitrogen and oxygen atoms in total. The van der Waals surface area contributed by atoms with E-state index in [1.54, 1.807) is 24.4 Å². The van der Waals surface area contributed by atoms with Crippen LogP contribution in [0.15, 0.2) is 121 Å². The van der Waals surface area contributed by atoms with Crippen LogP contribution in [0.5, 0.6) is 0 Å². The molecule has 7 rings (SSSR count). The monoisotopic (exact) mass is 805 g/mol. The number of halogens is 3. The van der Waals surface area contributed by atoms with Gasteiger partial charge in [0.15, 0.2) is 5.78 Å². The normalized spacial score (nSPS) is 11.7. The van der Waals surface area contributed by atoms with E-state index in [1.165, 1.54) is 43.2 Å². The number of aromatic nitrogens is 1. The summed E-state index contributed by atoms with van der Waals surface area (Å²) in [5.74, 6) is -0.0625. The van der Waals surface area contributed by atoms with Crippen molar-refractivity contribution in [2.75, 3.05) is 0 Å². The average molecular weight is 805 g/mol. The number of hydrogen-bond acceptors (Lipinski definition) is 3. The Labute approximate surface area is 283 Å². The molecule has 0 aliphatic rings. The number of carbonyl (C=O) groups is 1. The van der Waals surface area contributed by atoms with E-state index in [2.05, 4.69) is 72.6 Å². The van der Waals surface area contributed by atoms with Gasteiger partial charge in [-0.3, -0.25) is 9.78 Å². The summed E-state index contributed by atoms with van der Waals surface area (Å²) in [6.45, 7) is 4.93. The molecule has 7 heteroatoms. The van der Waals surface area contributed by atoms with E-state index in [4.69, 9.17) is 5.11 Å². The fourth-order valence-electron chi connectivity index (χ4n) is 5.84. The Hall–Kier alpha value is -4.84. The van der Waals surface area contributed by atoms with E-state index in [0.717, 1.165) is 37.9 Å². The predicted molar refractivity (Wildman–Crippen MR) is 181 cm³/mol. The summed E-state index contributed by atoms with van der Waals surface area (Å²) < 4.78 is 42.0. The van der Waals surface area contributed by atoms with Crippen molar-refractivity contribution in [1.82, 2.24) is 4.98 Å². The van der Waals surface area contributed by atoms with Crippen molar-refractivity contribution in [3.8, 4) is 22.4 Å². The molecule has 47 heavy (non-hydrogen) atoms. The van der Waals surface area contributed by atoms with Crippen LogP contribution in [0.4, 0.5) is 13.2 Å². The first kappa shape index (κ1) is 33.5. The Bertz CT molecular complexity index is 2310. The van der Waals surface area contributed by atoms with Gasteiger partial charge in [0, 0.05) is 38.1 Å². The van der Waals surface area contributed by atoms with E-state index in [-0.39, 0.29) is 37.0 Å². The van der Waals surface area contributed by atoms with Gasteiger partial charge in [-0.25, -0.2) is 0 Å². The van der Waals surface area contributed by atoms with Gasteiger partial charge in [0.25, 0.3) is 0 Å². The minimum Gasteiger partial charge on any atom is -0.512 e. The van der Waals surface area contributed by atoms with Crippen LogP contribution in [0.2, 0.25) is 0 Å². The van der Waals surface area contributed by atoms with Crippen molar-refractivity contribution >= 4 is 48.9 Å². The van der Waals surface area contributed by atoms with Gasteiger partial charge in [-0.1, -0.05) is 95.4 Å². The molecule has 0 amide bonds. The molecule has 1 N–H and O–H groups in total. The number of hydrogen-bond donors (Lipinski definition) is 1. The molecule has 0 bridgehead atoms. The van der Waals surface area contributed by atoms with Gasteiger partial charge >= 0.3 is 6.18 Å². The molecular weight excluding hydrogens is 776 g/mol. The van der Waals surface area contributed by atoms with E-state index in [0.29, 0.717) is 16.6 Å². The van der Waals surface area contributed by atoms with Crippen molar-refractivity contribution in [2.45, 2.75) is 26.9 Å². The Morgan fingerprint density at radius 2 is 1.36 bits per heavy atom. The zero-order chi connectivity index (χ0) is 32.6. The molecule has 7 aromatic rings. The summed E-state index contributed by atoms with van der Waals surface area (Å²) in [7, 11) is 0. The molecule has 1 radical (unpaired) electrons. The van der Waals surface area contributed by atoms with Crippen LogP contribution in [-0.4, -0.2) is 15.9 Å². The number of aryl methyl sites for hydroxylation is 1. The van der Waals surface area contributed by atoms with Crippen molar-refractivity contribution in [2.24, 2.45) is 0 Å². The fourth-order valence-corrected chi connectivity index (χ4v) is 5.84. The SMILES string of the molecule is CC(=O)/C=C(/C)O.Cc1ccc(-c2ccc3c(ccc4c5ccnc(-c6[c-]c7ccccc7c(C(F)(F)F)c6)c5ccc34)c2)cc1.[Ir]. The zero-order valence-corrected chi connectivity index (χ0v) is 28.1. The fraction of sp³-hybridized carbons (Fsp3) is 0.100. The van der Waals surface area contributed by atoms with Gasteiger partial charge in [0.1, 0.15) is 0 Å². The zero-order valence-electron chi connectivity index (χ0n) is 25.7. The standard InChI is InChI=1S/C35H21F3N.C5H8O2.Ir/c1-21-6-8-22(9-7-21)23-10-12-27-25(18-23)11-13-30-29(27)14-15-32-31(30)16-17-39-34(32)26-19-24-4-2-3-5-28(24)33(20-26)35(36,37)38;1-4(6)3-5(2)7;/h2-18,20H,1H3;3,6H,1-2H3;/q-1;;/b;4-3-;. The molecule has 0 saturated carbocycles. The summed E-state index contributed by atoms with van der Waals surface area (Å²) in [6, 6.07) is 35.9. The number of alkyl halides is 3. The van der Waals surface area contributed by atoms with E-state index in [9.17, 15) is 18.0 Å². The van der Waals surface area contributed by atoms with Crippen molar-refractivity contribution in [3.05, 3.63) is 138 Å². The van der Waals surface area contributed by atoms with Gasteiger partial charge in [0.05, 0.1) is 5.76 Å². The molecule has 0 unspecified atom stereocenters. The Morgan fingerprint density at radius 3 is 2.04 bits per heavy atom. The number of nitrogens with zero attached hydrogens (tertiary/aromatic N) is 1. The maximum Gasteiger partial charge on any atom is 0.403 e. The maximum absolute atomic E-state index is 14.0. The molecule has 1 aromatic heterocycles. The number of rotatable bonds is 3. The van der Waals surface area contributed by atoms with Crippen LogP contribution >= 0.6 is 0 Å². The van der Waals surface area contributed by atoms with Crippen LogP contribution in [0.3, 0.4) is 0 Å². The summed E-state index contributed by atoms with van der Waals surface area (Å²) in [5.41, 5.74) is 3.68. The third kappa shape index (κ3) is 6.97. The summed E-state index contributed by atoms with van der Waals surface area (Å²) in [4.78, 5) is 14.5. The average Bonchev–Trinajstić information content (AvgIpc) is 3.03. The van der Waals surface area contributed by atoms with Gasteiger partial charge in [0.2, 0.25) is 0 Å². The summed E-state index contributed by atoms with van der Waals surface area (Å²) in [6.07, 6.45) is -1.66. The molecule has 1 heterocycles. The van der Waals surface area contributed by atoms with E-state index >= 15 is 0 Å². The third-order valence-electron chi connectivity index (χ3n) is 7.89. The Balaban J connectivity index is 0.000000491. The summed E-state index contributed by atoms with van der Waals surface area (Å²) >= 11 is 0. The van der Waals surface area contributed by atoms with Crippen LogP contribution < -0.4 is 0 Å². The number of ketones is 1. The second kappa shape index (κ2) is 13.5. The van der Waals surface area contributed by atoms with E-state index in [1.807, 2.05) is 18.2 Å². The minimum absolute atomic E-state index is 0. The first-order valence-electron chi connectivity index (χ1n) is 14.7. The molecule has 0 spiro atoms. The van der Waals surface area contributed by atoms with Gasteiger partial charge < -0.3 is 5.11 Å². The number of allylic oxidation sites excluding steroid dienone is 2. The molecule has 0 aliphatic heterocycles. The number of pyridine rings is 1. The van der Waals surface area contributed by atoms with Crippen molar-refractivity contribution in [3.63, 3.8) is 0 Å². The van der Waals surface area contributed by atoms with Crippen molar-refractivity contribution in [1.29, 1.82) is 0 Å². The quantitative estimate of drug-likeness (QED) is 0.0838. The van der Waals surface area contributed by atoms with Crippen LogP contribution in [0.1, 0.15) is 25.0 Å². The first-order valence-corrected chi connectivity index (χ1v) is 14.7. The molecule has 0 aliphatic carbocycles. The van der Waals surface area contributed by atoms with E-state index < -0.39 is 11.7 Å². The molecule has 0 fully saturated rings. The van der Waals surface area contributed by atoms with Gasteiger partial charge in [-0.2, -0.15) is 13.2 Å².